The van der Waals surface area contributed by atoms with Gasteiger partial charge in [0.25, 0.3) is 0 Å². The summed E-state index contributed by atoms with van der Waals surface area (Å²) in [6.07, 6.45) is -0.115. The van der Waals surface area contributed by atoms with E-state index in [0.717, 1.165) is 6.07 Å². The Hall–Kier alpha value is -1.34. The summed E-state index contributed by atoms with van der Waals surface area (Å²) in [6, 6.07) is 0.183. The summed E-state index contributed by atoms with van der Waals surface area (Å²) in [5.41, 5.74) is 5.76. The zero-order valence-corrected chi connectivity index (χ0v) is 11.2. The second-order valence-corrected chi connectivity index (χ2v) is 4.47. The number of aliphatic carboxylic acids is 1. The van der Waals surface area contributed by atoms with E-state index in [0.29, 0.717) is 0 Å². The van der Waals surface area contributed by atoms with Crippen LogP contribution in [0.25, 0.3) is 0 Å². The fraction of sp³-hybridized carbons (Fsp3) is 0.364. The topological polar surface area (TPSA) is 92.8 Å². The van der Waals surface area contributed by atoms with E-state index in [1.165, 1.54) is 7.11 Å². The lowest BCUT2D eigenvalue weighted by Crippen LogP contribution is -2.15. The van der Waals surface area contributed by atoms with Crippen molar-refractivity contribution < 1.29 is 24.1 Å². The number of hydrogen-bond acceptors (Lipinski definition) is 4. The van der Waals surface area contributed by atoms with Crippen molar-refractivity contribution in [3.63, 3.8) is 0 Å². The highest BCUT2D eigenvalue weighted by Crippen LogP contribution is 2.41. The maximum Gasteiger partial charge on any atom is 0.303 e. The van der Waals surface area contributed by atoms with Crippen molar-refractivity contribution in [2.24, 2.45) is 5.73 Å². The van der Waals surface area contributed by atoms with Crippen LogP contribution in [0.4, 0.5) is 4.39 Å². The van der Waals surface area contributed by atoms with Crippen LogP contribution >= 0.6 is 15.9 Å². The molecule has 0 fully saturated rings. The Bertz CT molecular complexity index is 467. The predicted molar refractivity (Wildman–Crippen MR) is 66.1 cm³/mol. The van der Waals surface area contributed by atoms with Gasteiger partial charge in [0, 0.05) is 24.1 Å². The van der Waals surface area contributed by atoms with Gasteiger partial charge in [-0.05, 0) is 22.4 Å². The molecular formula is C11H13BrFNO4. The molecular weight excluding hydrogens is 309 g/mol. The second kappa shape index (κ2) is 6.01. The number of carboxylic acid groups (broad SMARTS) is 1. The Morgan fingerprint density at radius 3 is 2.78 bits per heavy atom. The van der Waals surface area contributed by atoms with E-state index in [9.17, 15) is 14.3 Å². The van der Waals surface area contributed by atoms with Crippen LogP contribution in [0.15, 0.2) is 10.5 Å². The zero-order chi connectivity index (χ0) is 13.9. The van der Waals surface area contributed by atoms with Crippen molar-refractivity contribution >= 4 is 21.9 Å². The monoisotopic (exact) mass is 321 g/mol. The van der Waals surface area contributed by atoms with Crippen molar-refractivity contribution in [2.75, 3.05) is 7.11 Å². The smallest absolute Gasteiger partial charge is 0.303 e. The van der Waals surface area contributed by atoms with E-state index >= 15 is 0 Å². The number of methoxy groups -OCH3 is 1. The summed E-state index contributed by atoms with van der Waals surface area (Å²) in [4.78, 5) is 10.4. The Morgan fingerprint density at radius 1 is 1.67 bits per heavy atom. The van der Waals surface area contributed by atoms with Gasteiger partial charge in [-0.25, -0.2) is 4.39 Å². The van der Waals surface area contributed by atoms with Gasteiger partial charge in [-0.1, -0.05) is 0 Å². The molecule has 0 saturated heterocycles. The third-order valence-electron chi connectivity index (χ3n) is 2.45. The highest BCUT2D eigenvalue weighted by atomic mass is 79.9. The van der Waals surface area contributed by atoms with Crippen molar-refractivity contribution in [1.29, 1.82) is 0 Å². The number of rotatable bonds is 5. The molecule has 100 valence electrons. The number of phenolic OH excluding ortho intramolecular Hbond substituents is 1. The van der Waals surface area contributed by atoms with Crippen LogP contribution in [0.2, 0.25) is 0 Å². The van der Waals surface area contributed by atoms with Crippen LogP contribution in [0, 0.1) is 5.82 Å². The Balaban J connectivity index is 3.09. The molecule has 5 nitrogen and oxygen atoms in total. The number of ether oxygens (including phenoxy) is 1. The number of nitrogens with two attached hydrogens (primary N) is 1. The molecule has 0 aliphatic heterocycles. The number of phenols is 1. The second-order valence-electron chi connectivity index (χ2n) is 3.68. The number of aromatic hydroxyl groups is 1. The van der Waals surface area contributed by atoms with Crippen LogP contribution in [0.3, 0.4) is 0 Å². The first kappa shape index (κ1) is 14.7. The van der Waals surface area contributed by atoms with Gasteiger partial charge >= 0.3 is 5.97 Å². The molecule has 0 bridgehead atoms. The minimum atomic E-state index is -1.01. The van der Waals surface area contributed by atoms with E-state index in [4.69, 9.17) is 15.6 Å². The highest BCUT2D eigenvalue weighted by Gasteiger charge is 2.22. The quantitative estimate of drug-likeness (QED) is 0.772. The largest absolute Gasteiger partial charge is 0.503 e. The molecule has 0 spiro atoms. The molecule has 0 radical (unpaired) electrons. The molecule has 1 aromatic rings. The van der Waals surface area contributed by atoms with Crippen molar-refractivity contribution in [1.82, 2.24) is 0 Å². The summed E-state index contributed by atoms with van der Waals surface area (Å²) in [5, 5.41) is 18.3. The van der Waals surface area contributed by atoms with Gasteiger partial charge in [0.05, 0.1) is 11.6 Å². The number of carboxylic acids is 1. The van der Waals surface area contributed by atoms with E-state index in [2.05, 4.69) is 15.9 Å². The van der Waals surface area contributed by atoms with Gasteiger partial charge in [0.2, 0.25) is 0 Å². The molecule has 0 amide bonds. The van der Waals surface area contributed by atoms with Gasteiger partial charge in [0.1, 0.15) is 5.82 Å². The average Bonchev–Trinajstić information content (AvgIpc) is 2.31. The van der Waals surface area contributed by atoms with Gasteiger partial charge in [-0.3, -0.25) is 4.79 Å². The molecule has 7 heteroatoms. The van der Waals surface area contributed by atoms with Crippen LogP contribution in [0.5, 0.6) is 11.5 Å². The summed E-state index contributed by atoms with van der Waals surface area (Å²) < 4.78 is 18.7. The maximum atomic E-state index is 13.8. The van der Waals surface area contributed by atoms with Gasteiger partial charge in [-0.2, -0.15) is 0 Å². The van der Waals surface area contributed by atoms with Gasteiger partial charge in [-0.15, -0.1) is 0 Å². The van der Waals surface area contributed by atoms with Gasteiger partial charge in [0.15, 0.2) is 11.5 Å². The molecule has 1 aromatic carbocycles. The SMILES string of the molecule is COc1cc(F)c(C(N)CCC(=O)O)c(Br)c1O. The van der Waals surface area contributed by atoms with Crippen LogP contribution < -0.4 is 10.5 Å². The number of carbonyl (C=O) groups is 1. The molecule has 0 aromatic heterocycles. The summed E-state index contributed by atoms with van der Waals surface area (Å²) in [5.74, 6) is -1.96. The van der Waals surface area contributed by atoms with E-state index in [1.54, 1.807) is 0 Å². The van der Waals surface area contributed by atoms with E-state index in [-0.39, 0.29) is 34.4 Å². The molecule has 4 N–H and O–H groups in total. The first-order valence-electron chi connectivity index (χ1n) is 5.10. The Morgan fingerprint density at radius 2 is 2.28 bits per heavy atom. The molecule has 1 unspecified atom stereocenters. The van der Waals surface area contributed by atoms with E-state index in [1.807, 2.05) is 0 Å². The fourth-order valence-electron chi connectivity index (χ4n) is 1.52. The Labute approximate surface area is 111 Å². The van der Waals surface area contributed by atoms with Gasteiger partial charge < -0.3 is 20.7 Å². The average molecular weight is 322 g/mol. The first-order chi connectivity index (χ1) is 8.38. The van der Waals surface area contributed by atoms with Crippen LogP contribution in [0.1, 0.15) is 24.4 Å². The summed E-state index contributed by atoms with van der Waals surface area (Å²) in [7, 11) is 1.30. The normalized spacial score (nSPS) is 12.2. The summed E-state index contributed by atoms with van der Waals surface area (Å²) >= 11 is 3.03. The molecule has 0 aliphatic carbocycles. The molecule has 1 atom stereocenters. The lowest BCUT2D eigenvalue weighted by atomic mass is 10.0. The lowest BCUT2D eigenvalue weighted by molar-refractivity contribution is -0.137. The van der Waals surface area contributed by atoms with Crippen LogP contribution in [-0.2, 0) is 4.79 Å². The van der Waals surface area contributed by atoms with Crippen molar-refractivity contribution in [2.45, 2.75) is 18.9 Å². The standard InChI is InChI=1S/C11H13BrFNO4/c1-18-7-4-5(13)9(10(12)11(7)17)6(14)2-3-8(15)16/h4,6,17H,2-3,14H2,1H3,(H,15,16). The number of halogens is 2. The Kier molecular flexibility index (Phi) is 4.92. The minimum Gasteiger partial charge on any atom is -0.503 e. The number of benzene rings is 1. The predicted octanol–water partition coefficient (Wildman–Crippen LogP) is 2.17. The third kappa shape index (κ3) is 3.11. The van der Waals surface area contributed by atoms with Crippen molar-refractivity contribution in [3.05, 3.63) is 21.9 Å². The molecule has 18 heavy (non-hydrogen) atoms. The molecule has 0 saturated carbocycles. The third-order valence-corrected chi connectivity index (χ3v) is 3.26. The van der Waals surface area contributed by atoms with Crippen LogP contribution in [-0.4, -0.2) is 23.3 Å². The minimum absolute atomic E-state index is 0.0199. The fourth-order valence-corrected chi connectivity index (χ4v) is 2.20. The lowest BCUT2D eigenvalue weighted by Gasteiger charge is -2.16. The zero-order valence-electron chi connectivity index (χ0n) is 9.61. The molecule has 0 heterocycles. The molecule has 0 aliphatic rings. The highest BCUT2D eigenvalue weighted by molar-refractivity contribution is 9.10. The number of hydrogen-bond donors (Lipinski definition) is 3. The summed E-state index contributed by atoms with van der Waals surface area (Å²) in [6.45, 7) is 0. The van der Waals surface area contributed by atoms with Crippen molar-refractivity contribution in [3.8, 4) is 11.5 Å². The molecule has 1 rings (SSSR count). The first-order valence-corrected chi connectivity index (χ1v) is 5.90. The maximum absolute atomic E-state index is 13.8. The van der Waals surface area contributed by atoms with E-state index < -0.39 is 17.8 Å².